The molecular formula is C13H14Cl2N4OS. The van der Waals surface area contributed by atoms with E-state index in [1.165, 1.54) is 11.8 Å². The molecule has 1 heterocycles. The molecule has 2 rings (SSSR count). The summed E-state index contributed by atoms with van der Waals surface area (Å²) in [6.07, 6.45) is 1.60. The van der Waals surface area contributed by atoms with Crippen LogP contribution >= 0.6 is 35.0 Å². The minimum atomic E-state index is -0.146. The van der Waals surface area contributed by atoms with Crippen LogP contribution in [0, 0.1) is 0 Å². The summed E-state index contributed by atoms with van der Waals surface area (Å²) in [6.45, 7) is 1.89. The zero-order valence-electron chi connectivity index (χ0n) is 11.5. The van der Waals surface area contributed by atoms with Gasteiger partial charge < -0.3 is 9.88 Å². The zero-order valence-corrected chi connectivity index (χ0v) is 13.8. The molecule has 1 amide bonds. The Hall–Kier alpha value is -1.24. The van der Waals surface area contributed by atoms with E-state index in [-0.39, 0.29) is 17.7 Å². The van der Waals surface area contributed by atoms with Gasteiger partial charge in [0.05, 0.1) is 21.8 Å². The van der Waals surface area contributed by atoms with Gasteiger partial charge >= 0.3 is 0 Å². The van der Waals surface area contributed by atoms with Gasteiger partial charge in [0.25, 0.3) is 0 Å². The Morgan fingerprint density at radius 2 is 2.19 bits per heavy atom. The number of rotatable bonds is 5. The highest BCUT2D eigenvalue weighted by atomic mass is 35.5. The summed E-state index contributed by atoms with van der Waals surface area (Å²) in [5.41, 5.74) is 0.904. The first-order chi connectivity index (χ1) is 9.97. The number of aryl methyl sites for hydroxylation is 1. The number of thioether (sulfide) groups is 1. The van der Waals surface area contributed by atoms with Gasteiger partial charge in [-0.2, -0.15) is 0 Å². The number of nitrogens with zero attached hydrogens (tertiary/aromatic N) is 3. The molecule has 21 heavy (non-hydrogen) atoms. The lowest BCUT2D eigenvalue weighted by Gasteiger charge is -2.14. The van der Waals surface area contributed by atoms with E-state index in [2.05, 4.69) is 15.5 Å². The Morgan fingerprint density at radius 1 is 1.43 bits per heavy atom. The van der Waals surface area contributed by atoms with Gasteiger partial charge in [-0.1, -0.05) is 41.0 Å². The normalized spacial score (nSPS) is 12.2. The summed E-state index contributed by atoms with van der Waals surface area (Å²) in [4.78, 5) is 11.9. The molecule has 8 heteroatoms. The lowest BCUT2D eigenvalue weighted by molar-refractivity contribution is -0.119. The second kappa shape index (κ2) is 7.15. The van der Waals surface area contributed by atoms with Crippen LogP contribution < -0.4 is 5.32 Å². The lowest BCUT2D eigenvalue weighted by atomic mass is 10.1. The first-order valence-electron chi connectivity index (χ1n) is 6.18. The third-order valence-electron chi connectivity index (χ3n) is 2.82. The quantitative estimate of drug-likeness (QED) is 0.846. The molecule has 0 saturated heterocycles. The van der Waals surface area contributed by atoms with E-state index in [1.54, 1.807) is 23.0 Å². The van der Waals surface area contributed by atoms with E-state index in [4.69, 9.17) is 23.2 Å². The fraction of sp³-hybridized carbons (Fsp3) is 0.308. The largest absolute Gasteiger partial charge is 0.349 e. The predicted octanol–water partition coefficient (Wildman–Crippen LogP) is 3.09. The standard InChI is InChI=1S/C13H14Cl2N4OS/c1-8(9-3-4-10(14)11(15)5-9)17-12(20)6-21-13-18-16-7-19(13)2/h3-5,7-8H,6H2,1-2H3,(H,17,20). The number of carbonyl (C=O) groups excluding carboxylic acids is 1. The van der Waals surface area contributed by atoms with Crippen LogP contribution in [-0.2, 0) is 11.8 Å². The number of benzene rings is 1. The van der Waals surface area contributed by atoms with Crippen molar-refractivity contribution in [3.05, 3.63) is 40.1 Å². The van der Waals surface area contributed by atoms with Crippen LogP contribution in [0.15, 0.2) is 29.7 Å². The van der Waals surface area contributed by atoms with Crippen LogP contribution in [0.4, 0.5) is 0 Å². The minimum Gasteiger partial charge on any atom is -0.349 e. The van der Waals surface area contributed by atoms with Crippen molar-refractivity contribution in [3.8, 4) is 0 Å². The van der Waals surface area contributed by atoms with Crippen LogP contribution in [-0.4, -0.2) is 26.4 Å². The predicted molar refractivity (Wildman–Crippen MR) is 84.7 cm³/mol. The van der Waals surface area contributed by atoms with Crippen molar-refractivity contribution < 1.29 is 4.79 Å². The van der Waals surface area contributed by atoms with Crippen molar-refractivity contribution in [1.82, 2.24) is 20.1 Å². The highest BCUT2D eigenvalue weighted by molar-refractivity contribution is 7.99. The Kier molecular flexibility index (Phi) is 5.50. The fourth-order valence-electron chi connectivity index (χ4n) is 1.68. The molecule has 2 aromatic rings. The van der Waals surface area contributed by atoms with Crippen molar-refractivity contribution in [3.63, 3.8) is 0 Å². The minimum absolute atomic E-state index is 0.0819. The summed E-state index contributed by atoms with van der Waals surface area (Å²) in [5, 5.41) is 12.2. The van der Waals surface area contributed by atoms with Gasteiger partial charge in [0.1, 0.15) is 6.33 Å². The van der Waals surface area contributed by atoms with Crippen LogP contribution in [0.1, 0.15) is 18.5 Å². The number of hydrogen-bond donors (Lipinski definition) is 1. The molecule has 1 unspecified atom stereocenters. The molecule has 0 saturated carbocycles. The van der Waals surface area contributed by atoms with Crippen LogP contribution in [0.5, 0.6) is 0 Å². The smallest absolute Gasteiger partial charge is 0.230 e. The molecule has 5 nitrogen and oxygen atoms in total. The molecule has 112 valence electrons. The Morgan fingerprint density at radius 3 is 2.81 bits per heavy atom. The molecule has 0 radical (unpaired) electrons. The van der Waals surface area contributed by atoms with E-state index in [9.17, 15) is 4.79 Å². The summed E-state index contributed by atoms with van der Waals surface area (Å²) in [5.74, 6) is 0.194. The number of amides is 1. The maximum Gasteiger partial charge on any atom is 0.230 e. The third kappa shape index (κ3) is 4.36. The average molecular weight is 345 g/mol. The molecule has 0 spiro atoms. The van der Waals surface area contributed by atoms with Gasteiger partial charge in [-0.05, 0) is 24.6 Å². The molecule has 0 aliphatic rings. The maximum absolute atomic E-state index is 11.9. The van der Waals surface area contributed by atoms with Gasteiger partial charge in [0, 0.05) is 7.05 Å². The first kappa shape index (κ1) is 16.1. The number of halogens is 2. The second-order valence-electron chi connectivity index (χ2n) is 4.48. The molecule has 1 aromatic heterocycles. The van der Waals surface area contributed by atoms with Crippen LogP contribution in [0.3, 0.4) is 0 Å². The molecule has 0 aliphatic heterocycles. The first-order valence-corrected chi connectivity index (χ1v) is 7.92. The van der Waals surface area contributed by atoms with Crippen molar-refractivity contribution in [2.75, 3.05) is 5.75 Å². The molecule has 1 atom stereocenters. The maximum atomic E-state index is 11.9. The second-order valence-corrected chi connectivity index (χ2v) is 6.23. The number of aromatic nitrogens is 3. The molecule has 1 aromatic carbocycles. The molecule has 0 aliphatic carbocycles. The highest BCUT2D eigenvalue weighted by Gasteiger charge is 2.12. The number of carbonyl (C=O) groups is 1. The fourth-order valence-corrected chi connectivity index (χ4v) is 2.69. The van der Waals surface area contributed by atoms with E-state index < -0.39 is 0 Å². The average Bonchev–Trinajstić information content (AvgIpc) is 2.85. The Balaban J connectivity index is 1.89. The monoisotopic (exact) mass is 344 g/mol. The third-order valence-corrected chi connectivity index (χ3v) is 4.60. The van der Waals surface area contributed by atoms with E-state index >= 15 is 0 Å². The van der Waals surface area contributed by atoms with E-state index in [1.807, 2.05) is 20.0 Å². The molecule has 0 bridgehead atoms. The van der Waals surface area contributed by atoms with Gasteiger partial charge in [-0.3, -0.25) is 4.79 Å². The van der Waals surface area contributed by atoms with Gasteiger partial charge in [-0.15, -0.1) is 10.2 Å². The molecule has 0 fully saturated rings. The Labute approximate surface area is 137 Å². The summed E-state index contributed by atoms with van der Waals surface area (Å²) in [7, 11) is 1.83. The van der Waals surface area contributed by atoms with Crippen molar-refractivity contribution in [1.29, 1.82) is 0 Å². The highest BCUT2D eigenvalue weighted by Crippen LogP contribution is 2.25. The topological polar surface area (TPSA) is 59.8 Å². The van der Waals surface area contributed by atoms with Crippen LogP contribution in [0.2, 0.25) is 10.0 Å². The summed E-state index contributed by atoms with van der Waals surface area (Å²) in [6, 6.07) is 5.17. The molecule has 1 N–H and O–H groups in total. The number of hydrogen-bond acceptors (Lipinski definition) is 4. The SMILES string of the molecule is CC(NC(=O)CSc1nncn1C)c1ccc(Cl)c(Cl)c1. The van der Waals surface area contributed by atoms with Gasteiger partial charge in [0.15, 0.2) is 5.16 Å². The van der Waals surface area contributed by atoms with Crippen molar-refractivity contribution in [2.45, 2.75) is 18.1 Å². The van der Waals surface area contributed by atoms with E-state index in [0.717, 1.165) is 5.56 Å². The Bertz CT molecular complexity index is 647. The number of nitrogens with one attached hydrogen (secondary N) is 1. The summed E-state index contributed by atoms with van der Waals surface area (Å²) >= 11 is 13.2. The lowest BCUT2D eigenvalue weighted by Crippen LogP contribution is -2.28. The summed E-state index contributed by atoms with van der Waals surface area (Å²) < 4.78 is 1.76. The van der Waals surface area contributed by atoms with E-state index in [0.29, 0.717) is 15.2 Å². The van der Waals surface area contributed by atoms with Gasteiger partial charge in [0.2, 0.25) is 5.91 Å². The zero-order chi connectivity index (χ0) is 15.4. The van der Waals surface area contributed by atoms with Gasteiger partial charge in [-0.25, -0.2) is 0 Å². The van der Waals surface area contributed by atoms with Crippen LogP contribution in [0.25, 0.3) is 0 Å². The van der Waals surface area contributed by atoms with Crippen molar-refractivity contribution >= 4 is 40.9 Å². The van der Waals surface area contributed by atoms with Crippen molar-refractivity contribution in [2.24, 2.45) is 7.05 Å². The molecular weight excluding hydrogens is 331 g/mol.